The van der Waals surface area contributed by atoms with E-state index in [4.69, 9.17) is 0 Å². The Labute approximate surface area is 79.8 Å². The van der Waals surface area contributed by atoms with E-state index in [2.05, 4.69) is 5.32 Å². The summed E-state index contributed by atoms with van der Waals surface area (Å²) in [6, 6.07) is 1.09. The molecular formula is C9H18NO2S+. The van der Waals surface area contributed by atoms with E-state index in [9.17, 15) is 8.42 Å². The van der Waals surface area contributed by atoms with Crippen molar-refractivity contribution >= 4 is 9.84 Å². The summed E-state index contributed by atoms with van der Waals surface area (Å²) in [4.78, 5) is 0. The second-order valence-corrected chi connectivity index (χ2v) is 6.63. The maximum atomic E-state index is 11.2. The van der Waals surface area contributed by atoms with Crippen LogP contribution in [0.2, 0.25) is 0 Å². The van der Waals surface area contributed by atoms with Crippen molar-refractivity contribution in [2.75, 3.05) is 11.5 Å². The van der Waals surface area contributed by atoms with E-state index in [0.717, 1.165) is 12.5 Å². The van der Waals surface area contributed by atoms with Gasteiger partial charge < -0.3 is 5.32 Å². The molecule has 2 aliphatic rings. The molecule has 4 heteroatoms. The molecule has 2 fully saturated rings. The largest absolute Gasteiger partial charge is 0.341 e. The number of sulfone groups is 1. The number of quaternary nitrogens is 1. The minimum atomic E-state index is -2.67. The standard InChI is InChI=1S/C9H17NO2S/c11-13(12)6-5-9(7-13)10-8-3-1-2-4-8/h8-10H,1-7H2/p+1/t9-/m0/s1. The van der Waals surface area contributed by atoms with Crippen LogP contribution in [-0.4, -0.2) is 32.0 Å². The fourth-order valence-corrected chi connectivity index (χ4v) is 4.27. The second kappa shape index (κ2) is 3.58. The van der Waals surface area contributed by atoms with Gasteiger partial charge in [0.15, 0.2) is 9.84 Å². The predicted molar refractivity (Wildman–Crippen MR) is 51.2 cm³/mol. The topological polar surface area (TPSA) is 50.8 Å². The third-order valence-corrected chi connectivity index (χ3v) is 5.01. The highest BCUT2D eigenvalue weighted by Gasteiger charge is 2.33. The molecule has 2 rings (SSSR count). The highest BCUT2D eigenvalue weighted by atomic mass is 32.2. The van der Waals surface area contributed by atoms with Crippen molar-refractivity contribution in [2.24, 2.45) is 0 Å². The first kappa shape index (κ1) is 9.46. The molecule has 0 aromatic rings. The predicted octanol–water partition coefficient (Wildman–Crippen LogP) is -0.320. The van der Waals surface area contributed by atoms with Gasteiger partial charge in [0.1, 0.15) is 11.8 Å². The number of hydrogen-bond acceptors (Lipinski definition) is 2. The van der Waals surface area contributed by atoms with Crippen molar-refractivity contribution in [3.05, 3.63) is 0 Å². The van der Waals surface area contributed by atoms with E-state index >= 15 is 0 Å². The van der Waals surface area contributed by atoms with Crippen LogP contribution in [0.5, 0.6) is 0 Å². The van der Waals surface area contributed by atoms with Crippen LogP contribution in [-0.2, 0) is 9.84 Å². The summed E-state index contributed by atoms with van der Waals surface area (Å²) in [6.45, 7) is 0. The van der Waals surface area contributed by atoms with Crippen molar-refractivity contribution in [2.45, 2.75) is 44.2 Å². The Morgan fingerprint density at radius 1 is 1.00 bits per heavy atom. The lowest BCUT2D eigenvalue weighted by atomic mass is 10.2. The number of nitrogens with two attached hydrogens (primary N) is 1. The minimum absolute atomic E-state index is 0.369. The lowest BCUT2D eigenvalue weighted by Gasteiger charge is -2.12. The molecule has 3 nitrogen and oxygen atoms in total. The highest BCUT2D eigenvalue weighted by molar-refractivity contribution is 7.91. The average molecular weight is 204 g/mol. The third kappa shape index (κ3) is 2.44. The Morgan fingerprint density at radius 3 is 2.23 bits per heavy atom. The molecule has 0 spiro atoms. The lowest BCUT2D eigenvalue weighted by Crippen LogP contribution is -2.95. The molecule has 0 unspecified atom stereocenters. The zero-order chi connectivity index (χ0) is 9.31. The molecule has 0 radical (unpaired) electrons. The van der Waals surface area contributed by atoms with Crippen LogP contribution in [0, 0.1) is 0 Å². The first-order valence-corrected chi connectivity index (χ1v) is 7.03. The maximum absolute atomic E-state index is 11.2. The van der Waals surface area contributed by atoms with Gasteiger partial charge in [-0.2, -0.15) is 0 Å². The molecule has 1 aliphatic carbocycles. The smallest absolute Gasteiger partial charge is 0.156 e. The molecule has 0 aromatic carbocycles. The summed E-state index contributed by atoms with van der Waals surface area (Å²) in [6.07, 6.45) is 6.12. The fourth-order valence-electron chi connectivity index (χ4n) is 2.51. The Balaban J connectivity index is 1.83. The zero-order valence-corrected chi connectivity index (χ0v) is 8.72. The molecule has 1 heterocycles. The molecule has 0 bridgehead atoms. The summed E-state index contributed by atoms with van der Waals surface area (Å²) in [7, 11) is -2.67. The normalized spacial score (nSPS) is 34.0. The molecule has 1 saturated carbocycles. The summed E-state index contributed by atoms with van der Waals surface area (Å²) < 4.78 is 22.4. The van der Waals surface area contributed by atoms with Crippen LogP contribution in [0.15, 0.2) is 0 Å². The van der Waals surface area contributed by atoms with E-state index in [1.807, 2.05) is 0 Å². The Kier molecular flexibility index (Phi) is 2.60. The molecule has 2 N–H and O–H groups in total. The van der Waals surface area contributed by atoms with Gasteiger partial charge in [-0.3, -0.25) is 0 Å². The molecule has 0 aromatic heterocycles. The van der Waals surface area contributed by atoms with E-state index in [-0.39, 0.29) is 0 Å². The van der Waals surface area contributed by atoms with Crippen LogP contribution in [0.3, 0.4) is 0 Å². The van der Waals surface area contributed by atoms with Gasteiger partial charge >= 0.3 is 0 Å². The average Bonchev–Trinajstić information content (AvgIpc) is 2.61. The summed E-state index contributed by atoms with van der Waals surface area (Å²) in [5, 5.41) is 2.32. The van der Waals surface area contributed by atoms with Gasteiger partial charge in [0.25, 0.3) is 0 Å². The van der Waals surface area contributed by atoms with Crippen molar-refractivity contribution in [1.29, 1.82) is 0 Å². The Morgan fingerprint density at radius 2 is 1.69 bits per heavy atom. The number of hydrogen-bond donors (Lipinski definition) is 1. The maximum Gasteiger partial charge on any atom is 0.156 e. The van der Waals surface area contributed by atoms with Gasteiger partial charge in [0, 0.05) is 6.42 Å². The van der Waals surface area contributed by atoms with Gasteiger partial charge in [-0.25, -0.2) is 8.42 Å². The fraction of sp³-hybridized carbons (Fsp3) is 1.00. The second-order valence-electron chi connectivity index (χ2n) is 4.40. The van der Waals surface area contributed by atoms with Crippen LogP contribution in [0.1, 0.15) is 32.1 Å². The molecule has 1 saturated heterocycles. The quantitative estimate of drug-likeness (QED) is 0.670. The Hall–Kier alpha value is -0.0900. The first-order chi connectivity index (χ1) is 6.16. The van der Waals surface area contributed by atoms with Crippen LogP contribution >= 0.6 is 0 Å². The Bertz CT molecular complexity index is 267. The molecular weight excluding hydrogens is 186 g/mol. The van der Waals surface area contributed by atoms with Gasteiger partial charge in [0.2, 0.25) is 0 Å². The van der Waals surface area contributed by atoms with Crippen LogP contribution in [0.25, 0.3) is 0 Å². The summed E-state index contributed by atoms with van der Waals surface area (Å²) >= 11 is 0. The van der Waals surface area contributed by atoms with E-state index in [1.165, 1.54) is 25.7 Å². The van der Waals surface area contributed by atoms with Crippen molar-refractivity contribution < 1.29 is 13.7 Å². The van der Waals surface area contributed by atoms with Gasteiger partial charge in [-0.1, -0.05) is 0 Å². The van der Waals surface area contributed by atoms with Gasteiger partial charge in [0.05, 0.1) is 11.8 Å². The molecule has 13 heavy (non-hydrogen) atoms. The van der Waals surface area contributed by atoms with Crippen LogP contribution in [0.4, 0.5) is 0 Å². The minimum Gasteiger partial charge on any atom is -0.341 e. The van der Waals surface area contributed by atoms with Gasteiger partial charge in [-0.05, 0) is 25.7 Å². The molecule has 0 amide bonds. The van der Waals surface area contributed by atoms with E-state index in [1.54, 1.807) is 0 Å². The zero-order valence-electron chi connectivity index (χ0n) is 7.91. The first-order valence-electron chi connectivity index (χ1n) is 5.21. The van der Waals surface area contributed by atoms with Crippen molar-refractivity contribution in [3.8, 4) is 0 Å². The van der Waals surface area contributed by atoms with Crippen LogP contribution < -0.4 is 5.32 Å². The van der Waals surface area contributed by atoms with Crippen molar-refractivity contribution in [3.63, 3.8) is 0 Å². The highest BCUT2D eigenvalue weighted by Crippen LogP contribution is 2.16. The number of rotatable bonds is 2. The monoisotopic (exact) mass is 204 g/mol. The lowest BCUT2D eigenvalue weighted by molar-refractivity contribution is -0.715. The third-order valence-electron chi connectivity index (χ3n) is 3.21. The molecule has 1 atom stereocenters. The molecule has 1 aliphatic heterocycles. The van der Waals surface area contributed by atoms with Gasteiger partial charge in [-0.15, -0.1) is 0 Å². The van der Waals surface area contributed by atoms with E-state index < -0.39 is 9.84 Å². The SMILES string of the molecule is O=S1(=O)CC[C@H]([NH2+]C2CCCC2)C1. The van der Waals surface area contributed by atoms with Crippen molar-refractivity contribution in [1.82, 2.24) is 0 Å². The summed E-state index contributed by atoms with van der Waals surface area (Å²) in [5.74, 6) is 0.838. The summed E-state index contributed by atoms with van der Waals surface area (Å²) in [5.41, 5.74) is 0. The van der Waals surface area contributed by atoms with E-state index in [0.29, 0.717) is 17.5 Å². The molecule has 76 valence electrons.